The zero-order chi connectivity index (χ0) is 43.4. The molecule has 0 saturated carbocycles. The van der Waals surface area contributed by atoms with Crippen molar-refractivity contribution >= 4 is 56.7 Å². The van der Waals surface area contributed by atoms with Crippen molar-refractivity contribution in [2.75, 3.05) is 98.0 Å². The van der Waals surface area contributed by atoms with Crippen molar-refractivity contribution in [3.05, 3.63) is 78.4 Å². The van der Waals surface area contributed by atoms with Gasteiger partial charge in [-0.15, -0.1) is 10.2 Å². The van der Waals surface area contributed by atoms with Gasteiger partial charge in [0.1, 0.15) is 17.6 Å². The third-order valence-electron chi connectivity index (χ3n) is 14.1. The summed E-state index contributed by atoms with van der Waals surface area (Å²) in [6.45, 7) is 7.04. The lowest BCUT2D eigenvalue weighted by Crippen LogP contribution is -2.65. The number of aromatic hydroxyl groups is 1. The van der Waals surface area contributed by atoms with Gasteiger partial charge < -0.3 is 49.7 Å². The minimum absolute atomic E-state index is 0.0123. The molecule has 4 amide bonds. The molecule has 3 atom stereocenters. The molecule has 0 unspecified atom stereocenters. The van der Waals surface area contributed by atoms with Crippen LogP contribution in [0.1, 0.15) is 31.2 Å². The number of imide groups is 1. The molecule has 2 bridgehead atoms. The van der Waals surface area contributed by atoms with Crippen molar-refractivity contribution in [3.63, 3.8) is 0 Å². The smallest absolute Gasteiger partial charge is 0.319 e. The maximum atomic E-state index is 13.6. The summed E-state index contributed by atoms with van der Waals surface area (Å²) in [6, 6.07) is 23.9. The molecule has 0 radical (unpaired) electrons. The zero-order valence-electron chi connectivity index (χ0n) is 36.0. The Bertz CT molecular complexity index is 2400. The Labute approximate surface area is 370 Å². The predicted octanol–water partition coefficient (Wildman–Crippen LogP) is 2.42. The molecule has 17 heteroatoms. The maximum absolute atomic E-state index is 13.6. The first-order valence-electron chi connectivity index (χ1n) is 22.3. The number of rotatable bonds is 9. The van der Waals surface area contributed by atoms with Gasteiger partial charge in [0, 0.05) is 129 Å². The second kappa shape index (κ2) is 16.6. The number of urea groups is 1. The number of piperidine rings is 2. The van der Waals surface area contributed by atoms with Gasteiger partial charge in [0.25, 0.3) is 0 Å². The number of piperazine rings is 1. The first-order chi connectivity index (χ1) is 30.5. The van der Waals surface area contributed by atoms with E-state index in [2.05, 4.69) is 71.5 Å². The van der Waals surface area contributed by atoms with Gasteiger partial charge in [-0.3, -0.25) is 14.9 Å². The summed E-state index contributed by atoms with van der Waals surface area (Å²) >= 11 is 0. The molecule has 16 nitrogen and oxygen atoms in total. The Kier molecular flexibility index (Phi) is 10.8. The topological polar surface area (TPSA) is 173 Å². The molecule has 6 aliphatic rings. The number of nitrogen functional groups attached to an aromatic ring is 1. The van der Waals surface area contributed by atoms with Crippen molar-refractivity contribution in [2.24, 2.45) is 5.92 Å². The number of nitrogens with one attached hydrogen (secondary N) is 1. The Morgan fingerprint density at radius 3 is 2.41 bits per heavy atom. The number of fused-ring (bicyclic) bond motifs is 3. The van der Waals surface area contributed by atoms with Gasteiger partial charge in [0.05, 0.1) is 41.8 Å². The van der Waals surface area contributed by atoms with Gasteiger partial charge in [-0.05, 0) is 55.3 Å². The van der Waals surface area contributed by atoms with Crippen LogP contribution in [0, 0.1) is 5.92 Å². The van der Waals surface area contributed by atoms with Crippen LogP contribution in [0.15, 0.2) is 72.8 Å². The molecule has 63 heavy (non-hydrogen) atoms. The summed E-state index contributed by atoms with van der Waals surface area (Å²) in [5.41, 5.74) is 13.1. The molecule has 5 fully saturated rings. The van der Waals surface area contributed by atoms with Gasteiger partial charge in [0.15, 0.2) is 5.82 Å². The molecule has 5 saturated heterocycles. The SMILES string of the molecule is CN(CC1CN(c2cccc3c2CCN3[C@]2([SiH3])CCC(=O)NC2=O)C1)C(=O)N1CCC(Oc2cccc(N3[C@@H]4COC[C@H]3CN(c3cc(-c5ccccc5O)nnc3N)C4)c2)CC1. The first kappa shape index (κ1) is 41.0. The number of aromatic nitrogens is 2. The van der Waals surface area contributed by atoms with Crippen LogP contribution >= 0.6 is 0 Å². The summed E-state index contributed by atoms with van der Waals surface area (Å²) < 4.78 is 12.6. The number of nitrogens with zero attached hydrogens (tertiary/aromatic N) is 8. The average molecular weight is 873 g/mol. The lowest BCUT2D eigenvalue weighted by molar-refractivity contribution is -0.135. The standard InChI is InChI=1S/C46H56N10O6Si/c1-51(22-29-23-53(24-29)38-9-5-10-39-36(38)15-19-55(39)46(63)16-12-42(58)48-44(46)59)45(60)52-17-13-33(14-18-52)62-34-7-4-6-30(20-34)56-31-25-54(26-32(56)28-61-27-31)40-21-37(49-50-43(40)47)35-8-2-3-11-41(35)57/h2-11,20-21,29,31-33,57H,12-19,22-28H2,1,63H3,(H2,47,50)(H,48,58,59)/t31-,32+,46-/m0/s1. The fourth-order valence-electron chi connectivity index (χ4n) is 10.7. The van der Waals surface area contributed by atoms with Crippen molar-refractivity contribution in [3.8, 4) is 22.8 Å². The van der Waals surface area contributed by atoms with E-state index >= 15 is 0 Å². The molecular formula is C46H56N10O6Si. The lowest BCUT2D eigenvalue weighted by atomic mass is 9.96. The van der Waals surface area contributed by atoms with Crippen molar-refractivity contribution in [1.29, 1.82) is 0 Å². The number of carbonyl (C=O) groups is 3. The van der Waals surface area contributed by atoms with E-state index in [1.807, 2.05) is 41.1 Å². The van der Waals surface area contributed by atoms with Crippen LogP contribution in [0.5, 0.6) is 11.5 Å². The van der Waals surface area contributed by atoms with E-state index in [0.29, 0.717) is 92.0 Å². The molecule has 1 aromatic heterocycles. The molecular weight excluding hydrogens is 817 g/mol. The van der Waals surface area contributed by atoms with Gasteiger partial charge in [-0.25, -0.2) is 4.79 Å². The number of phenolic OH excluding ortho intramolecular Hbond substituents is 1. The molecule has 7 heterocycles. The monoisotopic (exact) mass is 872 g/mol. The number of hydrogen-bond donors (Lipinski definition) is 3. The number of benzene rings is 3. The molecule has 3 aromatic carbocycles. The summed E-state index contributed by atoms with van der Waals surface area (Å²) in [4.78, 5) is 51.7. The number of ether oxygens (including phenoxy) is 2. The highest BCUT2D eigenvalue weighted by atomic mass is 28.1. The fourth-order valence-corrected chi connectivity index (χ4v) is 11.5. The highest BCUT2D eigenvalue weighted by molar-refractivity contribution is 6.33. The lowest BCUT2D eigenvalue weighted by Gasteiger charge is -2.51. The van der Waals surface area contributed by atoms with Crippen molar-refractivity contribution < 1.29 is 29.0 Å². The molecule has 0 aliphatic carbocycles. The molecule has 330 valence electrons. The second-order valence-corrected chi connectivity index (χ2v) is 19.9. The predicted molar refractivity (Wildman–Crippen MR) is 245 cm³/mol. The summed E-state index contributed by atoms with van der Waals surface area (Å²) in [5, 5.41) is 21.0. The van der Waals surface area contributed by atoms with E-state index in [-0.39, 0.29) is 41.8 Å². The van der Waals surface area contributed by atoms with Crippen LogP contribution in [-0.2, 0) is 20.7 Å². The van der Waals surface area contributed by atoms with E-state index < -0.39 is 5.16 Å². The third kappa shape index (κ3) is 7.74. The Morgan fingerprint density at radius 1 is 0.921 bits per heavy atom. The van der Waals surface area contributed by atoms with Gasteiger partial charge in [0.2, 0.25) is 11.8 Å². The van der Waals surface area contributed by atoms with Crippen molar-refractivity contribution in [1.82, 2.24) is 25.3 Å². The first-order valence-corrected chi connectivity index (χ1v) is 23.3. The molecule has 0 spiro atoms. The Morgan fingerprint density at radius 2 is 1.65 bits per heavy atom. The second-order valence-electron chi connectivity index (χ2n) is 18.2. The molecule has 4 N–H and O–H groups in total. The van der Waals surface area contributed by atoms with Gasteiger partial charge in [-0.2, -0.15) is 0 Å². The number of phenols is 1. The minimum atomic E-state index is -0.601. The third-order valence-corrected chi connectivity index (χ3v) is 15.6. The van der Waals surface area contributed by atoms with Crippen LogP contribution < -0.4 is 35.4 Å². The number of carbonyl (C=O) groups excluding carboxylic acids is 3. The number of nitrogens with two attached hydrogens (primary N) is 1. The average Bonchev–Trinajstić information content (AvgIpc) is 3.72. The minimum Gasteiger partial charge on any atom is -0.507 e. The Balaban J connectivity index is 0.710. The van der Waals surface area contributed by atoms with Crippen molar-refractivity contribution in [2.45, 2.75) is 55.5 Å². The number of anilines is 5. The highest BCUT2D eigenvalue weighted by Gasteiger charge is 2.46. The van der Waals surface area contributed by atoms with Crippen LogP contribution in [0.2, 0.25) is 0 Å². The zero-order valence-corrected chi connectivity index (χ0v) is 38.0. The largest absolute Gasteiger partial charge is 0.507 e. The van der Waals surface area contributed by atoms with E-state index in [1.54, 1.807) is 12.1 Å². The van der Waals surface area contributed by atoms with E-state index in [0.717, 1.165) is 61.7 Å². The summed E-state index contributed by atoms with van der Waals surface area (Å²) in [7, 11) is 2.56. The van der Waals surface area contributed by atoms with E-state index in [4.69, 9.17) is 15.2 Å². The summed E-state index contributed by atoms with van der Waals surface area (Å²) in [5.74, 6) is 1.37. The maximum Gasteiger partial charge on any atom is 0.319 e. The van der Waals surface area contributed by atoms with E-state index in [9.17, 15) is 19.5 Å². The van der Waals surface area contributed by atoms with Crippen LogP contribution in [0.3, 0.4) is 0 Å². The number of amides is 4. The number of morpholine rings is 1. The van der Waals surface area contributed by atoms with Gasteiger partial charge in [-0.1, -0.05) is 24.3 Å². The van der Waals surface area contributed by atoms with Crippen LogP contribution in [-0.4, -0.2) is 149 Å². The molecule has 6 aliphatic heterocycles. The van der Waals surface area contributed by atoms with Gasteiger partial charge >= 0.3 is 6.03 Å². The normalized spacial score (nSPS) is 24.0. The Hall–Kier alpha value is -6.07. The molecule has 4 aromatic rings. The fraction of sp³-hybridized carbons (Fsp3) is 0.457. The quantitative estimate of drug-likeness (QED) is 0.166. The highest BCUT2D eigenvalue weighted by Crippen LogP contribution is 2.42. The molecule has 10 rings (SSSR count). The summed E-state index contributed by atoms with van der Waals surface area (Å²) in [6.07, 6.45) is 3.37. The number of likely N-dealkylation sites (tertiary alicyclic amines) is 1. The number of para-hydroxylation sites is 1. The number of hydrogen-bond acceptors (Lipinski definition) is 13. The van der Waals surface area contributed by atoms with E-state index in [1.165, 1.54) is 11.3 Å². The van der Waals surface area contributed by atoms with Crippen LogP contribution in [0.25, 0.3) is 11.3 Å². The van der Waals surface area contributed by atoms with Crippen LogP contribution in [0.4, 0.5) is 33.4 Å².